The van der Waals surface area contributed by atoms with Crippen molar-refractivity contribution in [2.75, 3.05) is 13.1 Å². The first kappa shape index (κ1) is 12.9. The van der Waals surface area contributed by atoms with E-state index in [-0.39, 0.29) is 23.9 Å². The molecule has 0 aromatic heterocycles. The van der Waals surface area contributed by atoms with Crippen LogP contribution in [0.3, 0.4) is 0 Å². The topological polar surface area (TPSA) is 40.6 Å². The molecule has 3 aliphatic rings. The maximum absolute atomic E-state index is 12.6. The highest BCUT2D eigenvalue weighted by atomic mass is 16.2. The number of carbonyl (C=O) groups excluding carboxylic acids is 2. The Bertz CT molecular complexity index is 396. The van der Waals surface area contributed by atoms with Gasteiger partial charge in [0, 0.05) is 12.6 Å². The summed E-state index contributed by atoms with van der Waals surface area (Å²) in [6.07, 6.45) is 5.34. The first-order valence-corrected chi connectivity index (χ1v) is 7.69. The lowest BCUT2D eigenvalue weighted by atomic mass is 9.77. The van der Waals surface area contributed by atoms with Gasteiger partial charge in [0.25, 0.3) is 0 Å². The molecule has 106 valence electrons. The van der Waals surface area contributed by atoms with Crippen molar-refractivity contribution in [1.82, 2.24) is 9.80 Å². The Hall–Kier alpha value is -1.06. The van der Waals surface area contributed by atoms with Crippen LogP contribution in [0.4, 0.5) is 0 Å². The smallest absolute Gasteiger partial charge is 0.246 e. The van der Waals surface area contributed by atoms with Crippen LogP contribution in [-0.4, -0.2) is 46.8 Å². The fourth-order valence-corrected chi connectivity index (χ4v) is 4.10. The summed E-state index contributed by atoms with van der Waals surface area (Å²) in [6.45, 7) is 5.61. The molecule has 0 aromatic carbocycles. The van der Waals surface area contributed by atoms with Gasteiger partial charge in [0.1, 0.15) is 12.6 Å². The van der Waals surface area contributed by atoms with Gasteiger partial charge in [-0.1, -0.05) is 26.7 Å². The van der Waals surface area contributed by atoms with Gasteiger partial charge >= 0.3 is 0 Å². The van der Waals surface area contributed by atoms with Gasteiger partial charge < -0.3 is 9.80 Å². The second-order valence-electron chi connectivity index (χ2n) is 6.55. The number of fused-ring (bicyclic) bond motifs is 1. The van der Waals surface area contributed by atoms with E-state index < -0.39 is 0 Å². The Morgan fingerprint density at radius 2 is 1.79 bits per heavy atom. The van der Waals surface area contributed by atoms with Gasteiger partial charge in [-0.3, -0.25) is 9.59 Å². The summed E-state index contributed by atoms with van der Waals surface area (Å²) in [5.41, 5.74) is 0. The molecule has 4 unspecified atom stereocenters. The van der Waals surface area contributed by atoms with Crippen LogP contribution in [-0.2, 0) is 9.59 Å². The van der Waals surface area contributed by atoms with E-state index >= 15 is 0 Å². The van der Waals surface area contributed by atoms with Gasteiger partial charge in [-0.05, 0) is 31.1 Å². The predicted molar refractivity (Wildman–Crippen MR) is 72.4 cm³/mol. The third-order valence-electron chi connectivity index (χ3n) is 5.51. The predicted octanol–water partition coefficient (Wildman–Crippen LogP) is 1.64. The first-order chi connectivity index (χ1) is 9.09. The van der Waals surface area contributed by atoms with Gasteiger partial charge in [0.2, 0.25) is 11.8 Å². The van der Waals surface area contributed by atoms with Crippen molar-refractivity contribution < 1.29 is 9.59 Å². The molecule has 19 heavy (non-hydrogen) atoms. The largest absolute Gasteiger partial charge is 0.329 e. The van der Waals surface area contributed by atoms with E-state index in [1.807, 2.05) is 4.90 Å². The number of hydrogen-bond acceptors (Lipinski definition) is 2. The fourth-order valence-electron chi connectivity index (χ4n) is 4.10. The molecule has 0 radical (unpaired) electrons. The van der Waals surface area contributed by atoms with E-state index in [0.717, 1.165) is 25.8 Å². The Labute approximate surface area is 115 Å². The van der Waals surface area contributed by atoms with Crippen molar-refractivity contribution in [1.29, 1.82) is 0 Å². The molecule has 2 amide bonds. The number of amides is 2. The molecule has 0 bridgehead atoms. The lowest BCUT2D eigenvalue weighted by Crippen LogP contribution is -2.61. The van der Waals surface area contributed by atoms with E-state index in [9.17, 15) is 9.59 Å². The van der Waals surface area contributed by atoms with E-state index in [2.05, 4.69) is 13.8 Å². The zero-order chi connectivity index (χ0) is 13.6. The third kappa shape index (κ3) is 2.05. The lowest BCUT2D eigenvalue weighted by molar-refractivity contribution is -0.158. The monoisotopic (exact) mass is 264 g/mol. The summed E-state index contributed by atoms with van der Waals surface area (Å²) < 4.78 is 0. The molecule has 4 atom stereocenters. The van der Waals surface area contributed by atoms with Crippen LogP contribution in [0.15, 0.2) is 0 Å². The third-order valence-corrected chi connectivity index (χ3v) is 5.51. The zero-order valence-corrected chi connectivity index (χ0v) is 12.0. The number of carbonyl (C=O) groups is 2. The molecule has 4 heteroatoms. The maximum Gasteiger partial charge on any atom is 0.246 e. The Balaban J connectivity index is 1.80. The molecule has 3 fully saturated rings. The normalized spacial score (nSPS) is 39.7. The molecule has 4 nitrogen and oxygen atoms in total. The Morgan fingerprint density at radius 3 is 2.58 bits per heavy atom. The van der Waals surface area contributed by atoms with Gasteiger partial charge in [-0.25, -0.2) is 0 Å². The average molecular weight is 264 g/mol. The van der Waals surface area contributed by atoms with Crippen molar-refractivity contribution in [3.8, 4) is 0 Å². The SMILES string of the molecule is CC1CCCC(N2CC(=O)N3CCCC3C2=O)C1C. The molecule has 1 saturated carbocycles. The van der Waals surface area contributed by atoms with Crippen molar-refractivity contribution >= 4 is 11.8 Å². The van der Waals surface area contributed by atoms with Crippen LogP contribution < -0.4 is 0 Å². The molecule has 2 saturated heterocycles. The summed E-state index contributed by atoms with van der Waals surface area (Å²) in [6, 6.07) is 0.133. The van der Waals surface area contributed by atoms with Gasteiger partial charge in [0.15, 0.2) is 0 Å². The van der Waals surface area contributed by atoms with Crippen LogP contribution in [0.25, 0.3) is 0 Å². The second kappa shape index (κ2) is 4.80. The minimum atomic E-state index is -0.148. The fraction of sp³-hybridized carbons (Fsp3) is 0.867. The van der Waals surface area contributed by atoms with Crippen LogP contribution in [0, 0.1) is 11.8 Å². The maximum atomic E-state index is 12.6. The van der Waals surface area contributed by atoms with Crippen LogP contribution in [0.2, 0.25) is 0 Å². The lowest BCUT2D eigenvalue weighted by Gasteiger charge is -2.46. The van der Waals surface area contributed by atoms with E-state index in [0.29, 0.717) is 18.4 Å². The van der Waals surface area contributed by atoms with Gasteiger partial charge in [-0.15, -0.1) is 0 Å². The zero-order valence-electron chi connectivity index (χ0n) is 12.0. The van der Waals surface area contributed by atoms with Crippen LogP contribution >= 0.6 is 0 Å². The summed E-state index contributed by atoms with van der Waals surface area (Å²) >= 11 is 0. The standard InChI is InChI=1S/C15H24N2O2/c1-10-5-3-6-12(11(10)2)17-9-14(18)16-8-4-7-13(16)15(17)19/h10-13H,3-9H2,1-2H3. The Morgan fingerprint density at radius 1 is 1.00 bits per heavy atom. The highest BCUT2D eigenvalue weighted by Gasteiger charge is 2.45. The molecule has 0 spiro atoms. The summed E-state index contributed by atoms with van der Waals surface area (Å²) in [4.78, 5) is 28.5. The summed E-state index contributed by atoms with van der Waals surface area (Å²) in [7, 11) is 0. The minimum absolute atomic E-state index is 0.148. The molecule has 2 aliphatic heterocycles. The second-order valence-corrected chi connectivity index (χ2v) is 6.55. The number of hydrogen-bond donors (Lipinski definition) is 0. The quantitative estimate of drug-likeness (QED) is 0.722. The van der Waals surface area contributed by atoms with Crippen molar-refractivity contribution in [3.05, 3.63) is 0 Å². The molecule has 0 N–H and O–H groups in total. The molecular weight excluding hydrogens is 240 g/mol. The van der Waals surface area contributed by atoms with E-state index in [1.54, 1.807) is 4.90 Å². The molecule has 1 aliphatic carbocycles. The highest BCUT2D eigenvalue weighted by molar-refractivity contribution is 5.95. The molecule has 3 rings (SSSR count). The minimum Gasteiger partial charge on any atom is -0.329 e. The summed E-state index contributed by atoms with van der Waals surface area (Å²) in [5, 5.41) is 0. The molecule has 0 aromatic rings. The Kier molecular flexibility index (Phi) is 3.27. The highest BCUT2D eigenvalue weighted by Crippen LogP contribution is 2.35. The van der Waals surface area contributed by atoms with Gasteiger partial charge in [0.05, 0.1) is 0 Å². The van der Waals surface area contributed by atoms with Crippen LogP contribution in [0.5, 0.6) is 0 Å². The number of piperazine rings is 1. The number of nitrogens with zero attached hydrogens (tertiary/aromatic N) is 2. The number of rotatable bonds is 1. The first-order valence-electron chi connectivity index (χ1n) is 7.69. The van der Waals surface area contributed by atoms with Crippen molar-refractivity contribution in [2.45, 2.75) is 58.0 Å². The van der Waals surface area contributed by atoms with E-state index in [4.69, 9.17) is 0 Å². The van der Waals surface area contributed by atoms with E-state index in [1.165, 1.54) is 12.8 Å². The molecule has 2 heterocycles. The van der Waals surface area contributed by atoms with Crippen molar-refractivity contribution in [2.24, 2.45) is 11.8 Å². The molecular formula is C15H24N2O2. The summed E-state index contributed by atoms with van der Waals surface area (Å²) in [5.74, 6) is 1.54. The van der Waals surface area contributed by atoms with Crippen molar-refractivity contribution in [3.63, 3.8) is 0 Å². The van der Waals surface area contributed by atoms with Gasteiger partial charge in [-0.2, -0.15) is 0 Å². The average Bonchev–Trinajstić information content (AvgIpc) is 2.87. The van der Waals surface area contributed by atoms with Crippen LogP contribution in [0.1, 0.15) is 46.0 Å².